The molecule has 0 spiro atoms. The first-order chi connectivity index (χ1) is 28.5. The fraction of sp³-hybridized carbons (Fsp3) is 0.638. The zero-order valence-corrected chi connectivity index (χ0v) is 35.6. The van der Waals surface area contributed by atoms with Crippen LogP contribution in [0.5, 0.6) is 0 Å². The third-order valence-corrected chi connectivity index (χ3v) is 13.4. The van der Waals surface area contributed by atoms with Gasteiger partial charge >= 0.3 is 0 Å². The summed E-state index contributed by atoms with van der Waals surface area (Å²) in [6, 6.07) is 12.2. The van der Waals surface area contributed by atoms with E-state index < -0.39 is 47.3 Å². The van der Waals surface area contributed by atoms with Crippen LogP contribution in [0.3, 0.4) is 0 Å². The molecule has 6 atom stereocenters. The van der Waals surface area contributed by atoms with Gasteiger partial charge in [0.15, 0.2) is 22.9 Å². The van der Waals surface area contributed by atoms with Crippen LogP contribution in [0.2, 0.25) is 0 Å². The average Bonchev–Trinajstić information content (AvgIpc) is 3.76. The van der Waals surface area contributed by atoms with Crippen LogP contribution in [0.25, 0.3) is 0 Å². The number of hydrogen-bond donors (Lipinski definition) is 6. The standard InChI is InChI=1S/C47H71N7O5/c1-51-40(31-34-21-10-5-11-22-34)45(58)53-39(25-14-15-27-48)46(59)54-28-16-26-41(54)42(55)35-23-12-13-24-36(35)47(52-2,43(56)37(49)29-32-17-6-3-7-18-32)44(57)38(50)30-33-19-8-4-9-20-33/h5,10-13,21-24,32-33,37-41,51-52H,3-4,6-9,14-20,25-31,48-50H2,1-2H3,(H,53,58)/t37-,38+,39-,40-,41-,47?/m0/s1. The van der Waals surface area contributed by atoms with Gasteiger partial charge in [-0.1, -0.05) is 119 Å². The smallest absolute Gasteiger partial charge is 0.245 e. The van der Waals surface area contributed by atoms with Gasteiger partial charge in [0, 0.05) is 12.1 Å². The van der Waals surface area contributed by atoms with E-state index in [1.165, 1.54) is 0 Å². The Labute approximate surface area is 351 Å². The first-order valence-electron chi connectivity index (χ1n) is 22.5. The molecule has 12 heteroatoms. The van der Waals surface area contributed by atoms with Crippen molar-refractivity contribution in [1.29, 1.82) is 0 Å². The summed E-state index contributed by atoms with van der Waals surface area (Å²) in [4.78, 5) is 74.9. The number of likely N-dealkylation sites (tertiary alicyclic amines) is 1. The van der Waals surface area contributed by atoms with Crippen molar-refractivity contribution in [2.45, 2.75) is 151 Å². The van der Waals surface area contributed by atoms with Gasteiger partial charge in [-0.2, -0.15) is 0 Å². The molecule has 1 saturated heterocycles. The number of rotatable bonds is 22. The van der Waals surface area contributed by atoms with Crippen LogP contribution in [0.4, 0.5) is 0 Å². The lowest BCUT2D eigenvalue weighted by molar-refractivity contribution is -0.139. The quantitative estimate of drug-likeness (QED) is 0.0560. The fourth-order valence-corrected chi connectivity index (χ4v) is 10.0. The van der Waals surface area contributed by atoms with E-state index in [0.717, 1.165) is 69.8 Å². The van der Waals surface area contributed by atoms with E-state index >= 15 is 4.79 Å². The molecule has 2 aromatic carbocycles. The van der Waals surface area contributed by atoms with E-state index in [0.29, 0.717) is 64.5 Å². The number of unbranched alkanes of at least 4 members (excludes halogenated alkanes) is 1. The fourth-order valence-electron chi connectivity index (χ4n) is 10.0. The lowest BCUT2D eigenvalue weighted by Gasteiger charge is -2.38. The van der Waals surface area contributed by atoms with Gasteiger partial charge in [-0.25, -0.2) is 0 Å². The number of amides is 2. The number of nitrogens with one attached hydrogen (secondary N) is 3. The molecule has 1 unspecified atom stereocenters. The highest BCUT2D eigenvalue weighted by molar-refractivity contribution is 6.18. The highest BCUT2D eigenvalue weighted by Crippen LogP contribution is 2.36. The molecule has 59 heavy (non-hydrogen) atoms. The van der Waals surface area contributed by atoms with Crippen LogP contribution in [-0.4, -0.2) is 91.5 Å². The molecule has 0 bridgehead atoms. The molecular formula is C47H71N7O5. The van der Waals surface area contributed by atoms with Crippen LogP contribution in [0.15, 0.2) is 54.6 Å². The number of benzene rings is 2. The Bertz CT molecular complexity index is 1650. The molecule has 9 N–H and O–H groups in total. The normalized spacial score (nSPS) is 20.9. The molecule has 3 fully saturated rings. The van der Waals surface area contributed by atoms with E-state index in [4.69, 9.17) is 17.2 Å². The van der Waals surface area contributed by atoms with Crippen molar-refractivity contribution in [2.24, 2.45) is 29.0 Å². The Kier molecular flexibility index (Phi) is 17.8. The van der Waals surface area contributed by atoms with Gasteiger partial charge in [0.05, 0.1) is 24.2 Å². The number of likely N-dealkylation sites (N-methyl/N-ethyl adjacent to an activating group) is 2. The van der Waals surface area contributed by atoms with Gasteiger partial charge in [-0.05, 0) is 95.0 Å². The van der Waals surface area contributed by atoms with Crippen molar-refractivity contribution >= 4 is 29.2 Å². The number of nitrogens with two attached hydrogens (primary N) is 3. The zero-order chi connectivity index (χ0) is 42.4. The SMILES string of the molecule is CN[C@@H](Cc1ccccc1)C(=O)N[C@@H](CCCCN)C(=O)N1CCC[C@H]1C(=O)c1ccccc1C(NC)(C(=O)[C@H](N)CC1CCCCC1)C(=O)[C@@H](N)CC1CCCCC1. The lowest BCUT2D eigenvalue weighted by Crippen LogP contribution is -2.63. The molecule has 1 aliphatic heterocycles. The molecular weight excluding hydrogens is 743 g/mol. The third-order valence-electron chi connectivity index (χ3n) is 13.4. The molecule has 2 aliphatic carbocycles. The summed E-state index contributed by atoms with van der Waals surface area (Å²) in [5.74, 6) is -1.42. The predicted octanol–water partition coefficient (Wildman–Crippen LogP) is 4.45. The maximum absolute atomic E-state index is 15.0. The monoisotopic (exact) mass is 814 g/mol. The Morgan fingerprint density at radius 3 is 1.86 bits per heavy atom. The first-order valence-corrected chi connectivity index (χ1v) is 22.5. The van der Waals surface area contributed by atoms with Gasteiger partial charge < -0.3 is 32.7 Å². The summed E-state index contributed by atoms with van der Waals surface area (Å²) in [5.41, 5.74) is 18.9. The van der Waals surface area contributed by atoms with E-state index in [1.807, 2.05) is 30.3 Å². The van der Waals surface area contributed by atoms with Gasteiger partial charge in [0.2, 0.25) is 11.8 Å². The number of Topliss-reactive ketones (excluding diaryl/α,β-unsaturated/α-hetero) is 3. The van der Waals surface area contributed by atoms with Gasteiger partial charge in [0.1, 0.15) is 6.04 Å². The van der Waals surface area contributed by atoms with E-state index in [9.17, 15) is 19.2 Å². The molecule has 324 valence electrons. The minimum absolute atomic E-state index is 0.185. The molecule has 5 rings (SSSR count). The van der Waals surface area contributed by atoms with Gasteiger partial charge in [0.25, 0.3) is 0 Å². The second-order valence-corrected chi connectivity index (χ2v) is 17.4. The van der Waals surface area contributed by atoms with Gasteiger partial charge in [-0.15, -0.1) is 0 Å². The van der Waals surface area contributed by atoms with E-state index in [-0.39, 0.29) is 40.6 Å². The second-order valence-electron chi connectivity index (χ2n) is 17.4. The molecule has 3 aliphatic rings. The number of nitrogens with zero attached hydrogens (tertiary/aromatic N) is 1. The largest absolute Gasteiger partial charge is 0.343 e. The summed E-state index contributed by atoms with van der Waals surface area (Å²) in [6.45, 7) is 0.774. The number of carbonyl (C=O) groups excluding carboxylic acids is 5. The van der Waals surface area contributed by atoms with E-state index in [1.54, 1.807) is 43.3 Å². The van der Waals surface area contributed by atoms with Crippen LogP contribution < -0.4 is 33.2 Å². The molecule has 2 amide bonds. The minimum atomic E-state index is -1.97. The summed E-state index contributed by atoms with van der Waals surface area (Å²) in [5, 5.41) is 9.25. The first kappa shape index (κ1) is 46.3. The third kappa shape index (κ3) is 11.5. The number of carbonyl (C=O) groups is 5. The minimum Gasteiger partial charge on any atom is -0.343 e. The maximum Gasteiger partial charge on any atom is 0.245 e. The zero-order valence-electron chi connectivity index (χ0n) is 35.6. The second kappa shape index (κ2) is 22.7. The molecule has 1 heterocycles. The van der Waals surface area contributed by atoms with Crippen molar-refractivity contribution in [1.82, 2.24) is 20.9 Å². The maximum atomic E-state index is 15.0. The Morgan fingerprint density at radius 2 is 1.31 bits per heavy atom. The highest BCUT2D eigenvalue weighted by Gasteiger charge is 2.52. The lowest BCUT2D eigenvalue weighted by atomic mass is 9.71. The van der Waals surface area contributed by atoms with E-state index in [2.05, 4.69) is 16.0 Å². The van der Waals surface area contributed by atoms with Crippen molar-refractivity contribution < 1.29 is 24.0 Å². The Morgan fingerprint density at radius 1 is 0.729 bits per heavy atom. The van der Waals surface area contributed by atoms with Crippen LogP contribution in [-0.2, 0) is 31.1 Å². The molecule has 2 aromatic rings. The summed E-state index contributed by atoms with van der Waals surface area (Å²) in [6.07, 6.45) is 14.6. The molecule has 0 radical (unpaired) electrons. The average molecular weight is 814 g/mol. The Balaban J connectivity index is 1.46. The van der Waals surface area contributed by atoms with Crippen LogP contribution >= 0.6 is 0 Å². The summed E-state index contributed by atoms with van der Waals surface area (Å²) >= 11 is 0. The predicted molar refractivity (Wildman–Crippen MR) is 232 cm³/mol. The molecule has 2 saturated carbocycles. The van der Waals surface area contributed by atoms with Crippen LogP contribution in [0, 0.1) is 11.8 Å². The Hall–Kier alpha value is -3.81. The van der Waals surface area contributed by atoms with Crippen LogP contribution in [0.1, 0.15) is 131 Å². The van der Waals surface area contributed by atoms with Crippen molar-refractivity contribution in [2.75, 3.05) is 27.2 Å². The molecule has 12 nitrogen and oxygen atoms in total. The van der Waals surface area contributed by atoms with Crippen molar-refractivity contribution in [3.8, 4) is 0 Å². The topological polar surface area (TPSA) is 203 Å². The van der Waals surface area contributed by atoms with Crippen molar-refractivity contribution in [3.63, 3.8) is 0 Å². The molecule has 0 aromatic heterocycles. The summed E-state index contributed by atoms with van der Waals surface area (Å²) in [7, 11) is 3.30. The number of ketones is 3. The number of hydrogen-bond acceptors (Lipinski definition) is 10. The highest BCUT2D eigenvalue weighted by atomic mass is 16.2. The van der Waals surface area contributed by atoms with Gasteiger partial charge in [-0.3, -0.25) is 29.3 Å². The summed E-state index contributed by atoms with van der Waals surface area (Å²) < 4.78 is 0. The van der Waals surface area contributed by atoms with Crippen molar-refractivity contribution in [3.05, 3.63) is 71.3 Å².